The Kier molecular flexibility index (Phi) is 5.71. The molecule has 0 aliphatic carbocycles. The van der Waals surface area contributed by atoms with E-state index in [1.165, 1.54) is 4.68 Å². The van der Waals surface area contributed by atoms with Gasteiger partial charge in [0.15, 0.2) is 6.61 Å². The molecule has 3 rings (SSSR count). The minimum atomic E-state index is -0.224. The number of carbonyl (C=O) groups excluding carboxylic acids is 1. The van der Waals surface area contributed by atoms with Crippen molar-refractivity contribution in [1.82, 2.24) is 9.78 Å². The van der Waals surface area contributed by atoms with Crippen LogP contribution in [0.5, 0.6) is 5.75 Å². The molecule has 1 N–H and O–H groups in total. The van der Waals surface area contributed by atoms with E-state index in [-0.39, 0.29) is 23.9 Å². The molecular formula is C20H21N3O3S. The van der Waals surface area contributed by atoms with Crippen LogP contribution in [0.2, 0.25) is 0 Å². The van der Waals surface area contributed by atoms with Crippen molar-refractivity contribution in [2.75, 3.05) is 5.32 Å². The summed E-state index contributed by atoms with van der Waals surface area (Å²) in [6.07, 6.45) is 0. The summed E-state index contributed by atoms with van der Waals surface area (Å²) in [6, 6.07) is 13.5. The quantitative estimate of drug-likeness (QED) is 0.641. The van der Waals surface area contributed by atoms with E-state index in [9.17, 15) is 4.79 Å². The van der Waals surface area contributed by atoms with Crippen LogP contribution in [0.4, 0.5) is 5.69 Å². The number of aryl methyl sites for hydroxylation is 3. The van der Waals surface area contributed by atoms with E-state index in [2.05, 4.69) is 10.4 Å². The van der Waals surface area contributed by atoms with Gasteiger partial charge in [0.1, 0.15) is 12.3 Å². The average Bonchev–Trinajstić information content (AvgIpc) is 2.96. The third-order valence-corrected chi connectivity index (χ3v) is 4.34. The Morgan fingerprint density at radius 2 is 1.96 bits per heavy atom. The van der Waals surface area contributed by atoms with Crippen molar-refractivity contribution in [3.63, 3.8) is 0 Å². The van der Waals surface area contributed by atoms with E-state index >= 15 is 0 Å². The third-order valence-electron chi connectivity index (χ3n) is 4.04. The molecule has 0 saturated carbocycles. The first-order chi connectivity index (χ1) is 12.9. The molecule has 0 saturated heterocycles. The fraction of sp³-hybridized carbons (Fsp3) is 0.250. The largest absolute Gasteiger partial charge is 0.484 e. The molecule has 0 fully saturated rings. The van der Waals surface area contributed by atoms with Gasteiger partial charge in [-0.3, -0.25) is 4.79 Å². The molecule has 3 aromatic rings. The lowest BCUT2D eigenvalue weighted by molar-refractivity contribution is -0.117. The maximum absolute atomic E-state index is 12.3. The second kappa shape index (κ2) is 8.18. The molecule has 1 heterocycles. The summed E-state index contributed by atoms with van der Waals surface area (Å²) in [4.78, 5) is 12.4. The summed E-state index contributed by atoms with van der Waals surface area (Å²) in [5.74, 6) is 0.848. The van der Waals surface area contributed by atoms with Crippen LogP contribution in [-0.4, -0.2) is 15.7 Å². The molecular weight excluding hydrogens is 362 g/mol. The van der Waals surface area contributed by atoms with Gasteiger partial charge in [0.05, 0.1) is 0 Å². The number of hydrogen-bond donors (Lipinski definition) is 1. The Morgan fingerprint density at radius 3 is 2.70 bits per heavy atom. The zero-order valence-corrected chi connectivity index (χ0v) is 16.3. The Morgan fingerprint density at radius 1 is 1.19 bits per heavy atom. The van der Waals surface area contributed by atoms with Gasteiger partial charge >= 0.3 is 0 Å². The van der Waals surface area contributed by atoms with Crippen LogP contribution < -0.4 is 10.1 Å². The zero-order valence-electron chi connectivity index (χ0n) is 15.5. The maximum Gasteiger partial charge on any atom is 0.287 e. The third kappa shape index (κ3) is 4.83. The van der Waals surface area contributed by atoms with Gasteiger partial charge in [-0.1, -0.05) is 35.9 Å². The minimum Gasteiger partial charge on any atom is -0.484 e. The number of nitrogens with zero attached hydrogens (tertiary/aromatic N) is 2. The SMILES string of the molecule is Cc1ccc(NC(=O)Cn2nc(COc3ccccc3C)oc2=S)c(C)c1. The van der Waals surface area contributed by atoms with Crippen molar-refractivity contribution in [2.24, 2.45) is 0 Å². The topological polar surface area (TPSA) is 69.3 Å². The molecule has 1 aromatic heterocycles. The Bertz CT molecular complexity index is 1020. The number of para-hydroxylation sites is 1. The molecule has 0 atom stereocenters. The minimum absolute atomic E-state index is 0.0278. The Balaban J connectivity index is 1.63. The van der Waals surface area contributed by atoms with Crippen LogP contribution in [0, 0.1) is 25.6 Å². The van der Waals surface area contributed by atoms with E-state index in [1.807, 2.05) is 63.2 Å². The van der Waals surface area contributed by atoms with Crippen molar-refractivity contribution >= 4 is 23.8 Å². The monoisotopic (exact) mass is 383 g/mol. The Labute approximate surface area is 162 Å². The molecule has 27 heavy (non-hydrogen) atoms. The second-order valence-corrected chi connectivity index (χ2v) is 6.69. The number of ether oxygens (including phenoxy) is 1. The van der Waals surface area contributed by atoms with Gasteiger partial charge in [-0.25, -0.2) is 4.68 Å². The molecule has 6 nitrogen and oxygen atoms in total. The van der Waals surface area contributed by atoms with E-state index in [0.717, 1.165) is 28.1 Å². The van der Waals surface area contributed by atoms with Crippen molar-refractivity contribution in [2.45, 2.75) is 33.9 Å². The predicted octanol–water partition coefficient (Wildman–Crippen LogP) is 4.35. The zero-order chi connectivity index (χ0) is 19.4. The van der Waals surface area contributed by atoms with Gasteiger partial charge < -0.3 is 14.5 Å². The van der Waals surface area contributed by atoms with Gasteiger partial charge in [-0.05, 0) is 56.2 Å². The number of hydrogen-bond acceptors (Lipinski definition) is 5. The second-order valence-electron chi connectivity index (χ2n) is 6.34. The highest BCUT2D eigenvalue weighted by molar-refractivity contribution is 7.71. The normalized spacial score (nSPS) is 10.6. The van der Waals surface area contributed by atoms with Gasteiger partial charge in [-0.15, -0.1) is 5.10 Å². The molecule has 0 unspecified atom stereocenters. The number of rotatable bonds is 6. The molecule has 140 valence electrons. The van der Waals surface area contributed by atoms with Crippen LogP contribution >= 0.6 is 12.2 Å². The molecule has 0 radical (unpaired) electrons. The molecule has 0 spiro atoms. The molecule has 2 aromatic carbocycles. The summed E-state index contributed by atoms with van der Waals surface area (Å²) in [7, 11) is 0. The van der Waals surface area contributed by atoms with Gasteiger partial charge in [-0.2, -0.15) is 0 Å². The van der Waals surface area contributed by atoms with Gasteiger partial charge in [0.2, 0.25) is 5.91 Å². The number of aromatic nitrogens is 2. The van der Waals surface area contributed by atoms with Crippen molar-refractivity contribution in [3.8, 4) is 5.75 Å². The summed E-state index contributed by atoms with van der Waals surface area (Å²) in [6.45, 7) is 6.03. The first kappa shape index (κ1) is 18.8. The maximum atomic E-state index is 12.3. The number of amides is 1. The first-order valence-electron chi connectivity index (χ1n) is 8.55. The molecule has 7 heteroatoms. The molecule has 0 bridgehead atoms. The van der Waals surface area contributed by atoms with Gasteiger partial charge in [0, 0.05) is 5.69 Å². The number of anilines is 1. The standard InChI is InChI=1S/C20H21N3O3S/c1-13-8-9-16(15(3)10-13)21-18(24)11-23-20(27)26-19(22-23)12-25-17-7-5-4-6-14(17)2/h4-10H,11-12H2,1-3H3,(H,21,24). The lowest BCUT2D eigenvalue weighted by Crippen LogP contribution is -2.20. The van der Waals surface area contributed by atoms with Crippen LogP contribution in [-0.2, 0) is 17.9 Å². The van der Waals surface area contributed by atoms with Crippen LogP contribution in [0.1, 0.15) is 22.6 Å². The molecule has 0 aliphatic heterocycles. The number of nitrogens with one attached hydrogen (secondary N) is 1. The summed E-state index contributed by atoms with van der Waals surface area (Å²) in [5, 5.41) is 7.10. The fourth-order valence-corrected chi connectivity index (χ4v) is 2.85. The lowest BCUT2D eigenvalue weighted by atomic mass is 10.1. The summed E-state index contributed by atoms with van der Waals surface area (Å²) < 4.78 is 12.5. The van der Waals surface area contributed by atoms with E-state index in [1.54, 1.807) is 0 Å². The van der Waals surface area contributed by atoms with Crippen molar-refractivity contribution in [1.29, 1.82) is 0 Å². The van der Waals surface area contributed by atoms with Crippen LogP contribution in [0.15, 0.2) is 46.9 Å². The lowest BCUT2D eigenvalue weighted by Gasteiger charge is -2.08. The molecule has 0 aliphatic rings. The highest BCUT2D eigenvalue weighted by atomic mass is 32.1. The van der Waals surface area contributed by atoms with E-state index < -0.39 is 0 Å². The fourth-order valence-electron chi connectivity index (χ4n) is 2.65. The van der Waals surface area contributed by atoms with Crippen molar-refractivity contribution in [3.05, 3.63) is 69.9 Å². The smallest absolute Gasteiger partial charge is 0.287 e. The number of carbonyl (C=O) groups is 1. The van der Waals surface area contributed by atoms with E-state index in [0.29, 0.717) is 5.89 Å². The molecule has 1 amide bonds. The summed E-state index contributed by atoms with van der Waals surface area (Å²) in [5.41, 5.74) is 3.93. The highest BCUT2D eigenvalue weighted by Crippen LogP contribution is 2.18. The first-order valence-corrected chi connectivity index (χ1v) is 8.95. The summed E-state index contributed by atoms with van der Waals surface area (Å²) >= 11 is 5.15. The van der Waals surface area contributed by atoms with E-state index in [4.69, 9.17) is 21.4 Å². The van der Waals surface area contributed by atoms with Crippen LogP contribution in [0.25, 0.3) is 0 Å². The van der Waals surface area contributed by atoms with Crippen LogP contribution in [0.3, 0.4) is 0 Å². The Hall–Kier alpha value is -2.93. The van der Waals surface area contributed by atoms with Crippen molar-refractivity contribution < 1.29 is 13.9 Å². The predicted molar refractivity (Wildman–Crippen MR) is 105 cm³/mol. The highest BCUT2D eigenvalue weighted by Gasteiger charge is 2.12. The van der Waals surface area contributed by atoms with Gasteiger partial charge in [0.25, 0.3) is 10.7 Å². The average molecular weight is 383 g/mol. The number of benzene rings is 2.